The summed E-state index contributed by atoms with van der Waals surface area (Å²) >= 11 is 0. The van der Waals surface area contributed by atoms with Crippen LogP contribution in [0.2, 0.25) is 0 Å². The Balaban J connectivity index is 1.77. The van der Waals surface area contributed by atoms with E-state index in [1.165, 1.54) is 18.8 Å². The molecule has 1 aliphatic carbocycles. The largest absolute Gasteiger partial charge is 0.497 e. The van der Waals surface area contributed by atoms with Crippen LogP contribution in [0.4, 0.5) is 0 Å². The maximum absolute atomic E-state index is 12.8. The fraction of sp³-hybridized carbons (Fsp3) is 0.400. The van der Waals surface area contributed by atoms with Gasteiger partial charge in [0.1, 0.15) is 5.75 Å². The number of rotatable bonds is 6. The van der Waals surface area contributed by atoms with Crippen molar-refractivity contribution in [1.82, 2.24) is 5.32 Å². The molecular weight excluding hydrogens is 334 g/mol. The first kappa shape index (κ1) is 18.0. The number of methoxy groups -OCH3 is 1. The monoisotopic (exact) mass is 357 g/mol. The van der Waals surface area contributed by atoms with Gasteiger partial charge in [-0.05, 0) is 37.1 Å². The van der Waals surface area contributed by atoms with E-state index < -0.39 is 12.1 Å². The maximum Gasteiger partial charge on any atom is 0.375 e. The zero-order valence-electron chi connectivity index (χ0n) is 14.8. The zero-order chi connectivity index (χ0) is 18.4. The number of hydrogen-bond acceptors (Lipinski definition) is 5. The molecule has 1 aromatic carbocycles. The van der Waals surface area contributed by atoms with Gasteiger partial charge in [0.25, 0.3) is 5.91 Å². The molecule has 1 fully saturated rings. The maximum atomic E-state index is 12.8. The SMILES string of the molecule is COc1ccc([C@H](OC(=O)c2ccco2)C(=O)NC2CCCCC2)cc1. The highest BCUT2D eigenvalue weighted by Gasteiger charge is 2.29. The molecular formula is C20H23NO5. The van der Waals surface area contributed by atoms with E-state index in [1.54, 1.807) is 37.4 Å². The third kappa shape index (κ3) is 4.45. The van der Waals surface area contributed by atoms with Gasteiger partial charge in [-0.25, -0.2) is 4.79 Å². The number of nitrogens with one attached hydrogen (secondary N) is 1. The summed E-state index contributed by atoms with van der Waals surface area (Å²) in [4.78, 5) is 25.1. The molecule has 0 unspecified atom stereocenters. The number of hydrogen-bond donors (Lipinski definition) is 1. The first-order chi connectivity index (χ1) is 12.7. The second-order valence-electron chi connectivity index (χ2n) is 6.38. The van der Waals surface area contributed by atoms with Crippen LogP contribution in [0.25, 0.3) is 0 Å². The summed E-state index contributed by atoms with van der Waals surface area (Å²) < 4.78 is 15.7. The lowest BCUT2D eigenvalue weighted by atomic mass is 9.95. The molecule has 0 aliphatic heterocycles. The van der Waals surface area contributed by atoms with Crippen LogP contribution in [-0.4, -0.2) is 25.0 Å². The Hall–Kier alpha value is -2.76. The lowest BCUT2D eigenvalue weighted by Gasteiger charge is -2.25. The summed E-state index contributed by atoms with van der Waals surface area (Å²) in [6.45, 7) is 0. The average Bonchev–Trinajstić information content (AvgIpc) is 3.22. The standard InChI is InChI=1S/C20H23NO5/c1-24-16-11-9-14(10-12-16)18(26-20(23)17-8-5-13-25-17)19(22)21-15-6-3-2-4-7-15/h5,8-13,15,18H,2-4,6-7H2,1H3,(H,21,22)/t18-/m0/s1. The molecule has 6 nitrogen and oxygen atoms in total. The summed E-state index contributed by atoms with van der Waals surface area (Å²) in [5, 5.41) is 3.02. The van der Waals surface area contributed by atoms with Gasteiger partial charge >= 0.3 is 5.97 Å². The van der Waals surface area contributed by atoms with Crippen molar-refractivity contribution in [3.63, 3.8) is 0 Å². The number of carbonyl (C=O) groups is 2. The molecule has 1 heterocycles. The van der Waals surface area contributed by atoms with E-state index in [1.807, 2.05) is 0 Å². The number of amides is 1. The van der Waals surface area contributed by atoms with E-state index in [-0.39, 0.29) is 17.7 Å². The van der Waals surface area contributed by atoms with Crippen molar-refractivity contribution in [2.45, 2.75) is 44.2 Å². The van der Waals surface area contributed by atoms with Crippen molar-refractivity contribution in [3.8, 4) is 5.75 Å². The Kier molecular flexibility index (Phi) is 5.94. The van der Waals surface area contributed by atoms with Crippen LogP contribution in [0.15, 0.2) is 47.1 Å². The van der Waals surface area contributed by atoms with Crippen LogP contribution in [0.3, 0.4) is 0 Å². The van der Waals surface area contributed by atoms with E-state index in [2.05, 4.69) is 5.32 Å². The van der Waals surface area contributed by atoms with Crippen molar-refractivity contribution in [2.75, 3.05) is 7.11 Å². The minimum atomic E-state index is -1.04. The normalized spacial score (nSPS) is 15.9. The summed E-state index contributed by atoms with van der Waals surface area (Å²) in [5.74, 6) is -0.261. The molecule has 0 bridgehead atoms. The van der Waals surface area contributed by atoms with Gasteiger partial charge in [-0.1, -0.05) is 31.4 Å². The molecule has 1 aromatic heterocycles. The van der Waals surface area contributed by atoms with Crippen LogP contribution < -0.4 is 10.1 Å². The first-order valence-electron chi connectivity index (χ1n) is 8.86. The van der Waals surface area contributed by atoms with Gasteiger partial charge in [-0.15, -0.1) is 0 Å². The van der Waals surface area contributed by atoms with E-state index in [4.69, 9.17) is 13.9 Å². The van der Waals surface area contributed by atoms with Gasteiger partial charge < -0.3 is 19.2 Å². The predicted molar refractivity (Wildman–Crippen MR) is 94.9 cm³/mol. The molecule has 0 radical (unpaired) electrons. The van der Waals surface area contributed by atoms with Gasteiger partial charge in [0.15, 0.2) is 0 Å². The Morgan fingerprint density at radius 2 is 1.85 bits per heavy atom. The van der Waals surface area contributed by atoms with Gasteiger partial charge in [0.2, 0.25) is 11.9 Å². The van der Waals surface area contributed by atoms with Crippen molar-refractivity contribution < 1.29 is 23.5 Å². The summed E-state index contributed by atoms with van der Waals surface area (Å²) in [7, 11) is 1.57. The third-order valence-corrected chi connectivity index (χ3v) is 4.56. The Labute approximate surface area is 152 Å². The predicted octanol–water partition coefficient (Wildman–Crippen LogP) is 3.64. The topological polar surface area (TPSA) is 77.8 Å². The fourth-order valence-electron chi connectivity index (χ4n) is 3.14. The Morgan fingerprint density at radius 3 is 2.46 bits per heavy atom. The van der Waals surface area contributed by atoms with Crippen LogP contribution in [0.1, 0.15) is 54.3 Å². The van der Waals surface area contributed by atoms with Crippen LogP contribution in [0, 0.1) is 0 Å². The van der Waals surface area contributed by atoms with Crippen molar-refractivity contribution in [2.24, 2.45) is 0 Å². The molecule has 0 spiro atoms. The molecule has 6 heteroatoms. The number of carbonyl (C=O) groups excluding carboxylic acids is 2. The fourth-order valence-corrected chi connectivity index (χ4v) is 3.14. The molecule has 1 aliphatic rings. The number of ether oxygens (including phenoxy) is 2. The van der Waals surface area contributed by atoms with Gasteiger partial charge in [0.05, 0.1) is 13.4 Å². The van der Waals surface area contributed by atoms with Gasteiger partial charge in [-0.2, -0.15) is 0 Å². The molecule has 1 atom stereocenters. The van der Waals surface area contributed by atoms with Gasteiger partial charge in [0, 0.05) is 11.6 Å². The van der Waals surface area contributed by atoms with E-state index in [0.29, 0.717) is 11.3 Å². The molecule has 138 valence electrons. The second-order valence-corrected chi connectivity index (χ2v) is 6.38. The number of esters is 1. The van der Waals surface area contributed by atoms with Crippen molar-refractivity contribution in [1.29, 1.82) is 0 Å². The third-order valence-electron chi connectivity index (χ3n) is 4.56. The lowest BCUT2D eigenvalue weighted by molar-refractivity contribution is -0.131. The molecule has 0 saturated heterocycles. The zero-order valence-corrected chi connectivity index (χ0v) is 14.8. The molecule has 1 saturated carbocycles. The Morgan fingerprint density at radius 1 is 1.12 bits per heavy atom. The van der Waals surface area contributed by atoms with E-state index in [9.17, 15) is 9.59 Å². The van der Waals surface area contributed by atoms with Gasteiger partial charge in [-0.3, -0.25) is 4.79 Å². The summed E-state index contributed by atoms with van der Waals surface area (Å²) in [5.41, 5.74) is 0.582. The summed E-state index contributed by atoms with van der Waals surface area (Å²) in [6, 6.07) is 10.1. The minimum Gasteiger partial charge on any atom is -0.497 e. The van der Waals surface area contributed by atoms with Crippen LogP contribution in [-0.2, 0) is 9.53 Å². The molecule has 1 amide bonds. The molecule has 1 N–H and O–H groups in total. The highest BCUT2D eigenvalue weighted by molar-refractivity contribution is 5.90. The quantitative estimate of drug-likeness (QED) is 0.799. The van der Waals surface area contributed by atoms with Crippen molar-refractivity contribution >= 4 is 11.9 Å². The Bertz CT molecular complexity index is 717. The highest BCUT2D eigenvalue weighted by atomic mass is 16.6. The second kappa shape index (κ2) is 8.56. The smallest absolute Gasteiger partial charge is 0.375 e. The number of benzene rings is 1. The molecule has 2 aromatic rings. The minimum absolute atomic E-state index is 0.0639. The first-order valence-corrected chi connectivity index (χ1v) is 8.86. The summed E-state index contributed by atoms with van der Waals surface area (Å²) in [6.07, 6.45) is 5.65. The average molecular weight is 357 g/mol. The molecule has 3 rings (SSSR count). The van der Waals surface area contributed by atoms with Crippen molar-refractivity contribution in [3.05, 3.63) is 54.0 Å². The van der Waals surface area contributed by atoms with Crippen LogP contribution >= 0.6 is 0 Å². The highest BCUT2D eigenvalue weighted by Crippen LogP contribution is 2.24. The lowest BCUT2D eigenvalue weighted by Crippen LogP contribution is -2.40. The molecule has 26 heavy (non-hydrogen) atoms. The van der Waals surface area contributed by atoms with E-state index >= 15 is 0 Å². The van der Waals surface area contributed by atoms with Crippen LogP contribution in [0.5, 0.6) is 5.75 Å². The number of furan rings is 1. The van der Waals surface area contributed by atoms with E-state index in [0.717, 1.165) is 25.7 Å².